The Bertz CT molecular complexity index is 938. The van der Waals surface area contributed by atoms with Gasteiger partial charge < -0.3 is 19.2 Å². The number of likely N-dealkylation sites (tertiary alicyclic amines) is 1. The van der Waals surface area contributed by atoms with Crippen molar-refractivity contribution >= 4 is 17.6 Å². The highest BCUT2D eigenvalue weighted by molar-refractivity contribution is 5.80. The first kappa shape index (κ1) is 20.0. The number of amides is 2. The van der Waals surface area contributed by atoms with Crippen LogP contribution in [-0.4, -0.2) is 76.0 Å². The van der Waals surface area contributed by atoms with Gasteiger partial charge in [0.25, 0.3) is 0 Å². The zero-order valence-electron chi connectivity index (χ0n) is 17.9. The highest BCUT2D eigenvalue weighted by Crippen LogP contribution is 2.39. The van der Waals surface area contributed by atoms with Crippen molar-refractivity contribution in [1.29, 1.82) is 0 Å². The minimum absolute atomic E-state index is 0.0371. The molecule has 9 nitrogen and oxygen atoms in total. The Hall–Kier alpha value is -2.97. The zero-order chi connectivity index (χ0) is 21.4. The van der Waals surface area contributed by atoms with Crippen molar-refractivity contribution in [3.05, 3.63) is 24.2 Å². The van der Waals surface area contributed by atoms with E-state index in [-0.39, 0.29) is 17.7 Å². The molecule has 2 saturated heterocycles. The monoisotopic (exact) mass is 424 g/mol. The summed E-state index contributed by atoms with van der Waals surface area (Å²) in [4.78, 5) is 39.5. The molecule has 2 amide bonds. The van der Waals surface area contributed by atoms with E-state index in [0.29, 0.717) is 37.9 Å². The van der Waals surface area contributed by atoms with Crippen molar-refractivity contribution in [1.82, 2.24) is 24.9 Å². The quantitative estimate of drug-likeness (QED) is 0.740. The molecule has 0 spiro atoms. The van der Waals surface area contributed by atoms with E-state index < -0.39 is 0 Å². The van der Waals surface area contributed by atoms with Gasteiger partial charge in [0.2, 0.25) is 23.5 Å². The Morgan fingerprint density at radius 1 is 0.968 bits per heavy atom. The van der Waals surface area contributed by atoms with Gasteiger partial charge in [-0.05, 0) is 37.8 Å². The Morgan fingerprint density at radius 2 is 1.71 bits per heavy atom. The van der Waals surface area contributed by atoms with Crippen LogP contribution >= 0.6 is 0 Å². The molecule has 164 valence electrons. The van der Waals surface area contributed by atoms with Crippen molar-refractivity contribution in [2.24, 2.45) is 5.92 Å². The van der Waals surface area contributed by atoms with Crippen molar-refractivity contribution in [3.63, 3.8) is 0 Å². The smallest absolute Gasteiger partial charge is 0.230 e. The molecule has 9 heteroatoms. The summed E-state index contributed by atoms with van der Waals surface area (Å²) in [5.41, 5.74) is 0.852. The van der Waals surface area contributed by atoms with E-state index in [1.807, 2.05) is 21.9 Å². The highest BCUT2D eigenvalue weighted by atomic mass is 16.5. The van der Waals surface area contributed by atoms with Crippen LogP contribution in [0.5, 0.6) is 0 Å². The number of carbonyl (C=O) groups excluding carboxylic acids is 2. The van der Waals surface area contributed by atoms with Crippen molar-refractivity contribution in [3.8, 4) is 11.4 Å². The average molecular weight is 425 g/mol. The molecule has 0 radical (unpaired) electrons. The van der Waals surface area contributed by atoms with E-state index in [2.05, 4.69) is 20.0 Å². The number of hydrogen-bond donors (Lipinski definition) is 0. The van der Waals surface area contributed by atoms with Crippen LogP contribution in [0, 0.1) is 5.92 Å². The molecule has 0 aromatic carbocycles. The molecule has 4 heterocycles. The molecule has 31 heavy (non-hydrogen) atoms. The van der Waals surface area contributed by atoms with Gasteiger partial charge in [-0.25, -0.2) is 4.98 Å². The number of piperidine rings is 1. The van der Waals surface area contributed by atoms with E-state index in [0.717, 1.165) is 56.0 Å². The summed E-state index contributed by atoms with van der Waals surface area (Å²) >= 11 is 0. The van der Waals surface area contributed by atoms with Crippen molar-refractivity contribution < 1.29 is 14.1 Å². The molecule has 0 N–H and O–H groups in total. The fourth-order valence-corrected chi connectivity index (χ4v) is 4.41. The van der Waals surface area contributed by atoms with Gasteiger partial charge in [0.15, 0.2) is 0 Å². The van der Waals surface area contributed by atoms with Crippen LogP contribution < -0.4 is 4.90 Å². The first-order valence-electron chi connectivity index (χ1n) is 11.2. The molecule has 3 aliphatic rings. The van der Waals surface area contributed by atoms with Crippen LogP contribution in [0.3, 0.4) is 0 Å². The minimum Gasteiger partial charge on any atom is -0.353 e. The second-order valence-electron chi connectivity index (χ2n) is 8.73. The summed E-state index contributed by atoms with van der Waals surface area (Å²) in [7, 11) is 0. The van der Waals surface area contributed by atoms with Gasteiger partial charge >= 0.3 is 0 Å². The molecular formula is C22H28N6O3. The van der Waals surface area contributed by atoms with Gasteiger partial charge in [-0.3, -0.25) is 9.59 Å². The molecule has 0 unspecified atom stereocenters. The highest BCUT2D eigenvalue weighted by Gasteiger charge is 2.32. The summed E-state index contributed by atoms with van der Waals surface area (Å²) in [6, 6.07) is 3.96. The molecule has 2 aliphatic heterocycles. The number of nitrogens with zero attached hydrogens (tertiary/aromatic N) is 6. The van der Waals surface area contributed by atoms with Gasteiger partial charge in [-0.15, -0.1) is 0 Å². The predicted molar refractivity (Wildman–Crippen MR) is 113 cm³/mol. The number of aromatic nitrogens is 3. The number of hydrogen-bond acceptors (Lipinski definition) is 7. The summed E-state index contributed by atoms with van der Waals surface area (Å²) in [5.74, 6) is 3.02. The maximum absolute atomic E-state index is 12.9. The lowest BCUT2D eigenvalue weighted by atomic mass is 9.95. The van der Waals surface area contributed by atoms with Gasteiger partial charge in [-0.2, -0.15) is 4.98 Å². The van der Waals surface area contributed by atoms with Gasteiger partial charge in [0.05, 0.1) is 0 Å². The molecule has 1 aliphatic carbocycles. The fraction of sp³-hybridized carbons (Fsp3) is 0.591. The van der Waals surface area contributed by atoms with Gasteiger partial charge in [0, 0.05) is 69.8 Å². The number of rotatable bonds is 4. The fourth-order valence-electron chi connectivity index (χ4n) is 4.41. The summed E-state index contributed by atoms with van der Waals surface area (Å²) in [6.07, 6.45) is 5.58. The summed E-state index contributed by atoms with van der Waals surface area (Å²) in [6.45, 7) is 5.89. The normalized spacial score (nSPS) is 20.2. The van der Waals surface area contributed by atoms with E-state index in [4.69, 9.17) is 4.52 Å². The summed E-state index contributed by atoms with van der Waals surface area (Å²) < 4.78 is 5.34. The third kappa shape index (κ3) is 4.26. The Balaban J connectivity index is 1.14. The lowest BCUT2D eigenvalue weighted by Gasteiger charge is -2.38. The topological polar surface area (TPSA) is 95.7 Å². The maximum Gasteiger partial charge on any atom is 0.230 e. The summed E-state index contributed by atoms with van der Waals surface area (Å²) in [5, 5.41) is 4.07. The molecular weight excluding hydrogens is 396 g/mol. The zero-order valence-corrected chi connectivity index (χ0v) is 17.9. The molecule has 1 saturated carbocycles. The third-order valence-corrected chi connectivity index (χ3v) is 6.58. The van der Waals surface area contributed by atoms with Crippen LogP contribution in [0.4, 0.5) is 5.82 Å². The van der Waals surface area contributed by atoms with Crippen LogP contribution in [0.25, 0.3) is 11.4 Å². The van der Waals surface area contributed by atoms with Crippen molar-refractivity contribution in [2.75, 3.05) is 44.2 Å². The molecule has 0 atom stereocenters. The second-order valence-corrected chi connectivity index (χ2v) is 8.73. The SMILES string of the molecule is CC(=O)N1CCC(C(=O)N2CCN(c3ccc(-c4noc(C5CC5)n4)cn3)CC2)CC1. The third-order valence-electron chi connectivity index (χ3n) is 6.58. The Kier molecular flexibility index (Phi) is 5.33. The van der Waals surface area contributed by atoms with Crippen LogP contribution in [0.15, 0.2) is 22.9 Å². The molecule has 0 bridgehead atoms. The van der Waals surface area contributed by atoms with Crippen LogP contribution in [0.2, 0.25) is 0 Å². The van der Waals surface area contributed by atoms with Crippen molar-refractivity contribution in [2.45, 2.75) is 38.5 Å². The second kappa shape index (κ2) is 8.28. The lowest BCUT2D eigenvalue weighted by Crippen LogP contribution is -2.52. The van der Waals surface area contributed by atoms with Gasteiger partial charge in [-0.1, -0.05) is 5.16 Å². The lowest BCUT2D eigenvalue weighted by molar-refractivity contribution is -0.140. The minimum atomic E-state index is 0.0371. The molecule has 5 rings (SSSR count). The number of piperazine rings is 1. The maximum atomic E-state index is 12.9. The molecule has 2 aromatic heterocycles. The van der Waals surface area contributed by atoms with E-state index in [9.17, 15) is 9.59 Å². The van der Waals surface area contributed by atoms with Crippen LogP contribution in [0.1, 0.15) is 44.4 Å². The Labute approximate surface area is 181 Å². The van der Waals surface area contributed by atoms with Gasteiger partial charge in [0.1, 0.15) is 5.82 Å². The standard InChI is InChI=1S/C22H28N6O3/c1-15(29)26-8-6-17(7-9-26)22(30)28-12-10-27(11-13-28)19-5-4-18(14-23-19)20-24-21(31-25-20)16-2-3-16/h4-5,14,16-17H,2-3,6-13H2,1H3. The number of carbonyl (C=O) groups is 2. The molecule has 2 aromatic rings. The predicted octanol–water partition coefficient (Wildman–Crippen LogP) is 1.92. The van der Waals surface area contributed by atoms with E-state index in [1.165, 1.54) is 0 Å². The Morgan fingerprint density at radius 3 is 2.32 bits per heavy atom. The first-order valence-corrected chi connectivity index (χ1v) is 11.2. The van der Waals surface area contributed by atoms with E-state index in [1.54, 1.807) is 13.1 Å². The molecule has 3 fully saturated rings. The average Bonchev–Trinajstić information content (AvgIpc) is 3.55. The van der Waals surface area contributed by atoms with E-state index >= 15 is 0 Å². The first-order chi connectivity index (χ1) is 15.1. The largest absolute Gasteiger partial charge is 0.353 e. The van der Waals surface area contributed by atoms with Crippen LogP contribution in [-0.2, 0) is 9.59 Å². The number of pyridine rings is 1. The number of anilines is 1.